The van der Waals surface area contributed by atoms with Crippen molar-refractivity contribution in [2.75, 3.05) is 0 Å². The molecule has 0 bridgehead atoms. The first-order chi connectivity index (χ1) is 7.50. The smallest absolute Gasteiger partial charge is 0.195 e. The van der Waals surface area contributed by atoms with Crippen LogP contribution in [0.4, 0.5) is 0 Å². The number of nitrogens with zero attached hydrogens (tertiary/aromatic N) is 3. The number of H-pyrrole nitrogens is 1. The van der Waals surface area contributed by atoms with E-state index in [1.165, 1.54) is 0 Å². The summed E-state index contributed by atoms with van der Waals surface area (Å²) in [6.07, 6.45) is 3.50. The molecule has 2 aromatic heterocycles. The number of nitrogens with one attached hydrogen (secondary N) is 1. The van der Waals surface area contributed by atoms with Crippen LogP contribution in [0.5, 0.6) is 0 Å². The number of rotatable bonds is 1. The first kappa shape index (κ1) is 11.0. The van der Waals surface area contributed by atoms with E-state index in [0.717, 1.165) is 11.4 Å². The molecule has 0 radical (unpaired) electrons. The molecule has 0 saturated heterocycles. The van der Waals surface area contributed by atoms with Crippen LogP contribution in [0.3, 0.4) is 0 Å². The van der Waals surface area contributed by atoms with Crippen LogP contribution in [0.1, 0.15) is 20.8 Å². The summed E-state index contributed by atoms with van der Waals surface area (Å²) in [6.45, 7) is 6.30. The first-order valence-electron chi connectivity index (χ1n) is 5.08. The van der Waals surface area contributed by atoms with Gasteiger partial charge >= 0.3 is 0 Å². The topological polar surface area (TPSA) is 46.5 Å². The van der Waals surface area contributed by atoms with Crippen LogP contribution in [0, 0.1) is 4.77 Å². The summed E-state index contributed by atoms with van der Waals surface area (Å²) < 4.78 is 2.65. The van der Waals surface area contributed by atoms with E-state index in [1.807, 2.05) is 16.7 Å². The molecule has 0 saturated carbocycles. The normalized spacial score (nSPS) is 11.7. The molecule has 0 fully saturated rings. The van der Waals surface area contributed by atoms with E-state index in [1.54, 1.807) is 12.4 Å². The fourth-order valence-corrected chi connectivity index (χ4v) is 2.02. The molecule has 84 valence electrons. The Kier molecular flexibility index (Phi) is 2.63. The standard InChI is InChI=1S/C11H14N4S/c1-11(2,3)15-9(13-14-10(15)16)8-4-6-12-7-5-8/h4-7H,1-3H3,(H,14,16). The largest absolute Gasteiger partial charge is 0.295 e. The van der Waals surface area contributed by atoms with E-state index < -0.39 is 0 Å². The van der Waals surface area contributed by atoms with E-state index in [-0.39, 0.29) is 5.54 Å². The van der Waals surface area contributed by atoms with Gasteiger partial charge in [0.05, 0.1) is 0 Å². The summed E-state index contributed by atoms with van der Waals surface area (Å²) in [7, 11) is 0. The fourth-order valence-electron chi connectivity index (χ4n) is 1.61. The highest BCUT2D eigenvalue weighted by molar-refractivity contribution is 7.71. The molecule has 0 spiro atoms. The van der Waals surface area contributed by atoms with Crippen molar-refractivity contribution in [3.05, 3.63) is 29.3 Å². The molecule has 0 aliphatic heterocycles. The van der Waals surface area contributed by atoms with Gasteiger partial charge in [-0.05, 0) is 45.1 Å². The van der Waals surface area contributed by atoms with Crippen LogP contribution in [-0.2, 0) is 5.54 Å². The van der Waals surface area contributed by atoms with Gasteiger partial charge in [-0.15, -0.1) is 0 Å². The third-order valence-corrected chi connectivity index (χ3v) is 2.56. The lowest BCUT2D eigenvalue weighted by molar-refractivity contribution is 0.395. The van der Waals surface area contributed by atoms with Crippen molar-refractivity contribution in [3.63, 3.8) is 0 Å². The van der Waals surface area contributed by atoms with Gasteiger partial charge in [0.15, 0.2) is 10.6 Å². The molecule has 0 atom stereocenters. The Morgan fingerprint density at radius 3 is 2.44 bits per heavy atom. The summed E-state index contributed by atoms with van der Waals surface area (Å²) >= 11 is 5.25. The number of pyridine rings is 1. The Balaban J connectivity index is 2.64. The lowest BCUT2D eigenvalue weighted by atomic mass is 10.1. The zero-order chi connectivity index (χ0) is 11.8. The fraction of sp³-hybridized carbons (Fsp3) is 0.364. The molecule has 2 aromatic rings. The molecule has 1 N–H and O–H groups in total. The molecule has 0 aliphatic carbocycles. The molecular weight excluding hydrogens is 220 g/mol. The van der Waals surface area contributed by atoms with Gasteiger partial charge < -0.3 is 0 Å². The van der Waals surface area contributed by atoms with Gasteiger partial charge in [0.2, 0.25) is 0 Å². The summed E-state index contributed by atoms with van der Waals surface area (Å²) in [4.78, 5) is 4.00. The second-order valence-electron chi connectivity index (χ2n) is 4.59. The Hall–Kier alpha value is -1.49. The van der Waals surface area contributed by atoms with Crippen molar-refractivity contribution in [3.8, 4) is 11.4 Å². The number of aromatic amines is 1. The number of hydrogen-bond donors (Lipinski definition) is 1. The quantitative estimate of drug-likeness (QED) is 0.772. The van der Waals surface area contributed by atoms with Crippen LogP contribution < -0.4 is 0 Å². The molecule has 0 aromatic carbocycles. The van der Waals surface area contributed by atoms with Crippen molar-refractivity contribution in [1.82, 2.24) is 19.7 Å². The molecule has 0 aliphatic rings. The highest BCUT2D eigenvalue weighted by Gasteiger charge is 2.19. The van der Waals surface area contributed by atoms with Gasteiger partial charge in [0, 0.05) is 23.5 Å². The summed E-state index contributed by atoms with van der Waals surface area (Å²) in [5.41, 5.74) is 0.917. The second-order valence-corrected chi connectivity index (χ2v) is 4.98. The van der Waals surface area contributed by atoms with E-state index in [4.69, 9.17) is 12.2 Å². The monoisotopic (exact) mass is 234 g/mol. The Labute approximate surface area is 99.4 Å². The van der Waals surface area contributed by atoms with Crippen molar-refractivity contribution in [2.45, 2.75) is 26.3 Å². The molecule has 2 heterocycles. The number of hydrogen-bond acceptors (Lipinski definition) is 3. The maximum absolute atomic E-state index is 5.25. The van der Waals surface area contributed by atoms with Crippen molar-refractivity contribution >= 4 is 12.2 Å². The van der Waals surface area contributed by atoms with E-state index in [2.05, 4.69) is 36.0 Å². The predicted molar refractivity (Wildman–Crippen MR) is 65.6 cm³/mol. The molecule has 16 heavy (non-hydrogen) atoms. The lowest BCUT2D eigenvalue weighted by Gasteiger charge is -2.22. The van der Waals surface area contributed by atoms with E-state index >= 15 is 0 Å². The molecule has 5 heteroatoms. The average molecular weight is 234 g/mol. The number of aromatic nitrogens is 4. The Morgan fingerprint density at radius 1 is 1.25 bits per heavy atom. The maximum Gasteiger partial charge on any atom is 0.195 e. The average Bonchev–Trinajstić information content (AvgIpc) is 2.61. The maximum atomic E-state index is 5.25. The first-order valence-corrected chi connectivity index (χ1v) is 5.49. The molecule has 4 nitrogen and oxygen atoms in total. The molecule has 0 amide bonds. The summed E-state index contributed by atoms with van der Waals surface area (Å²) in [6, 6.07) is 3.85. The van der Waals surface area contributed by atoms with Crippen LogP contribution >= 0.6 is 12.2 Å². The van der Waals surface area contributed by atoms with Gasteiger partial charge in [-0.2, -0.15) is 5.10 Å². The predicted octanol–water partition coefficient (Wildman–Crippen LogP) is 2.76. The third-order valence-electron chi connectivity index (χ3n) is 2.28. The summed E-state index contributed by atoms with van der Waals surface area (Å²) in [5.74, 6) is 0.847. The van der Waals surface area contributed by atoms with Crippen LogP contribution in [0.15, 0.2) is 24.5 Å². The van der Waals surface area contributed by atoms with Crippen LogP contribution in [-0.4, -0.2) is 19.7 Å². The van der Waals surface area contributed by atoms with Crippen molar-refractivity contribution < 1.29 is 0 Å². The zero-order valence-corrected chi connectivity index (χ0v) is 10.4. The van der Waals surface area contributed by atoms with Gasteiger partial charge in [-0.1, -0.05) is 0 Å². The van der Waals surface area contributed by atoms with E-state index in [9.17, 15) is 0 Å². The van der Waals surface area contributed by atoms with Crippen LogP contribution in [0.2, 0.25) is 0 Å². The van der Waals surface area contributed by atoms with Gasteiger partial charge in [-0.3, -0.25) is 14.6 Å². The summed E-state index contributed by atoms with van der Waals surface area (Å²) in [5, 5.41) is 7.11. The minimum Gasteiger partial charge on any atom is -0.295 e. The Morgan fingerprint density at radius 2 is 1.88 bits per heavy atom. The van der Waals surface area contributed by atoms with Crippen molar-refractivity contribution in [1.29, 1.82) is 0 Å². The highest BCUT2D eigenvalue weighted by atomic mass is 32.1. The lowest BCUT2D eigenvalue weighted by Crippen LogP contribution is -2.22. The third kappa shape index (κ3) is 1.90. The minimum atomic E-state index is -0.0946. The molecular formula is C11H14N4S. The van der Waals surface area contributed by atoms with Crippen molar-refractivity contribution in [2.24, 2.45) is 0 Å². The highest BCUT2D eigenvalue weighted by Crippen LogP contribution is 2.23. The van der Waals surface area contributed by atoms with Gasteiger partial charge in [0.1, 0.15) is 0 Å². The minimum absolute atomic E-state index is 0.0946. The molecule has 2 rings (SSSR count). The molecule has 0 unspecified atom stereocenters. The van der Waals surface area contributed by atoms with E-state index in [0.29, 0.717) is 4.77 Å². The zero-order valence-electron chi connectivity index (χ0n) is 9.56. The SMILES string of the molecule is CC(C)(C)n1c(-c2ccncc2)n[nH]c1=S. The van der Waals surface area contributed by atoms with Gasteiger partial charge in [-0.25, -0.2) is 0 Å². The van der Waals surface area contributed by atoms with Crippen LogP contribution in [0.25, 0.3) is 11.4 Å². The second kappa shape index (κ2) is 3.83. The van der Waals surface area contributed by atoms with Gasteiger partial charge in [0.25, 0.3) is 0 Å². The Bertz CT molecular complexity index is 533.